The third-order valence-electron chi connectivity index (χ3n) is 2.63. The van der Waals surface area contributed by atoms with Gasteiger partial charge in [0.05, 0.1) is 0 Å². The van der Waals surface area contributed by atoms with E-state index < -0.39 is 0 Å². The Bertz CT molecular complexity index is 360. The summed E-state index contributed by atoms with van der Waals surface area (Å²) >= 11 is 0. The SMILES string of the molecule is CNc1cc(NCCCCCOC)nc(COC)n1. The number of ether oxygens (including phenoxy) is 2. The molecule has 6 heteroatoms. The lowest BCUT2D eigenvalue weighted by Gasteiger charge is -2.09. The third-order valence-corrected chi connectivity index (χ3v) is 2.63. The molecule has 0 aliphatic rings. The molecule has 19 heavy (non-hydrogen) atoms. The van der Waals surface area contributed by atoms with E-state index in [9.17, 15) is 0 Å². The first kappa shape index (κ1) is 15.7. The third kappa shape index (κ3) is 6.35. The average molecular weight is 268 g/mol. The van der Waals surface area contributed by atoms with Gasteiger partial charge in [0.1, 0.15) is 18.2 Å². The first-order valence-electron chi connectivity index (χ1n) is 6.57. The van der Waals surface area contributed by atoms with Crippen molar-refractivity contribution in [2.24, 2.45) is 0 Å². The Morgan fingerprint density at radius 2 is 1.84 bits per heavy atom. The molecule has 0 spiro atoms. The van der Waals surface area contributed by atoms with E-state index in [1.807, 2.05) is 13.1 Å². The molecular weight excluding hydrogens is 244 g/mol. The van der Waals surface area contributed by atoms with E-state index in [0.717, 1.165) is 44.0 Å². The number of hydrogen-bond donors (Lipinski definition) is 2. The van der Waals surface area contributed by atoms with Gasteiger partial charge in [0.15, 0.2) is 5.82 Å². The van der Waals surface area contributed by atoms with Gasteiger partial charge in [-0.15, -0.1) is 0 Å². The number of aromatic nitrogens is 2. The van der Waals surface area contributed by atoms with Crippen molar-refractivity contribution in [2.45, 2.75) is 25.9 Å². The second-order valence-electron chi connectivity index (χ2n) is 4.22. The van der Waals surface area contributed by atoms with Crippen molar-refractivity contribution in [1.29, 1.82) is 0 Å². The zero-order valence-electron chi connectivity index (χ0n) is 12.0. The Kier molecular flexibility index (Phi) is 7.84. The second-order valence-corrected chi connectivity index (χ2v) is 4.22. The monoisotopic (exact) mass is 268 g/mol. The van der Waals surface area contributed by atoms with E-state index in [4.69, 9.17) is 9.47 Å². The Labute approximate surface area is 114 Å². The number of anilines is 2. The predicted molar refractivity (Wildman–Crippen MR) is 76.5 cm³/mol. The molecule has 0 unspecified atom stereocenters. The molecule has 0 aliphatic carbocycles. The van der Waals surface area contributed by atoms with E-state index in [0.29, 0.717) is 12.4 Å². The molecule has 0 atom stereocenters. The van der Waals surface area contributed by atoms with Crippen LogP contribution in [0.5, 0.6) is 0 Å². The second kappa shape index (κ2) is 9.52. The molecule has 0 aromatic carbocycles. The molecule has 0 aliphatic heterocycles. The van der Waals surface area contributed by atoms with Crippen molar-refractivity contribution in [3.8, 4) is 0 Å². The highest BCUT2D eigenvalue weighted by Crippen LogP contribution is 2.11. The molecule has 0 amide bonds. The van der Waals surface area contributed by atoms with Gasteiger partial charge in [0, 0.05) is 40.5 Å². The van der Waals surface area contributed by atoms with Crippen molar-refractivity contribution >= 4 is 11.6 Å². The molecule has 108 valence electrons. The normalized spacial score (nSPS) is 10.5. The average Bonchev–Trinajstić information content (AvgIpc) is 2.43. The van der Waals surface area contributed by atoms with Crippen molar-refractivity contribution in [1.82, 2.24) is 9.97 Å². The molecule has 0 saturated heterocycles. The van der Waals surface area contributed by atoms with Crippen LogP contribution >= 0.6 is 0 Å². The maximum atomic E-state index is 5.06. The summed E-state index contributed by atoms with van der Waals surface area (Å²) in [6.45, 7) is 2.14. The smallest absolute Gasteiger partial charge is 0.158 e. The van der Waals surface area contributed by atoms with Crippen LogP contribution in [0.25, 0.3) is 0 Å². The van der Waals surface area contributed by atoms with Crippen molar-refractivity contribution in [3.05, 3.63) is 11.9 Å². The molecule has 1 aromatic heterocycles. The zero-order valence-corrected chi connectivity index (χ0v) is 12.0. The highest BCUT2D eigenvalue weighted by Gasteiger charge is 2.03. The van der Waals surface area contributed by atoms with Crippen LogP contribution in [-0.2, 0) is 16.1 Å². The van der Waals surface area contributed by atoms with Crippen molar-refractivity contribution in [2.75, 3.05) is 45.1 Å². The molecule has 0 bridgehead atoms. The first-order chi connectivity index (χ1) is 9.30. The fourth-order valence-corrected chi connectivity index (χ4v) is 1.67. The van der Waals surface area contributed by atoms with E-state index >= 15 is 0 Å². The van der Waals surface area contributed by atoms with Crippen LogP contribution in [0.2, 0.25) is 0 Å². The summed E-state index contributed by atoms with van der Waals surface area (Å²) in [5.74, 6) is 2.30. The van der Waals surface area contributed by atoms with Crippen LogP contribution in [0.1, 0.15) is 25.1 Å². The van der Waals surface area contributed by atoms with Gasteiger partial charge in [-0.3, -0.25) is 0 Å². The van der Waals surface area contributed by atoms with Gasteiger partial charge in [0.2, 0.25) is 0 Å². The Morgan fingerprint density at radius 1 is 1.05 bits per heavy atom. The molecule has 2 N–H and O–H groups in total. The standard InChI is InChI=1S/C13H24N4O2/c1-14-11-9-12(17-13(16-11)10-19-3)15-7-5-4-6-8-18-2/h9H,4-8,10H2,1-3H3,(H2,14,15,16,17). The van der Waals surface area contributed by atoms with Crippen LogP contribution in [-0.4, -0.2) is 44.4 Å². The topological polar surface area (TPSA) is 68.3 Å². The quantitative estimate of drug-likeness (QED) is 0.632. The predicted octanol–water partition coefficient (Wildman–Crippen LogP) is 1.89. The van der Waals surface area contributed by atoms with Crippen LogP contribution in [0.15, 0.2) is 6.07 Å². The van der Waals surface area contributed by atoms with Crippen LogP contribution in [0.4, 0.5) is 11.6 Å². The summed E-state index contributed by atoms with van der Waals surface area (Å²) < 4.78 is 10.1. The van der Waals surface area contributed by atoms with Gasteiger partial charge >= 0.3 is 0 Å². The van der Waals surface area contributed by atoms with Gasteiger partial charge < -0.3 is 20.1 Å². The summed E-state index contributed by atoms with van der Waals surface area (Å²) in [6.07, 6.45) is 3.34. The van der Waals surface area contributed by atoms with E-state index in [-0.39, 0.29) is 0 Å². The lowest BCUT2D eigenvalue weighted by molar-refractivity contribution is 0.178. The maximum absolute atomic E-state index is 5.06. The van der Waals surface area contributed by atoms with Crippen LogP contribution < -0.4 is 10.6 Å². The Morgan fingerprint density at radius 3 is 2.53 bits per heavy atom. The summed E-state index contributed by atoms with van der Waals surface area (Å²) in [5.41, 5.74) is 0. The zero-order chi connectivity index (χ0) is 13.9. The van der Waals surface area contributed by atoms with E-state index in [2.05, 4.69) is 20.6 Å². The van der Waals surface area contributed by atoms with E-state index in [1.165, 1.54) is 0 Å². The number of methoxy groups -OCH3 is 2. The molecule has 0 saturated carbocycles. The number of unbranched alkanes of at least 4 members (excludes halogenated alkanes) is 2. The van der Waals surface area contributed by atoms with Gasteiger partial charge in [-0.05, 0) is 19.3 Å². The highest BCUT2D eigenvalue weighted by atomic mass is 16.5. The number of hydrogen-bond acceptors (Lipinski definition) is 6. The van der Waals surface area contributed by atoms with Crippen LogP contribution in [0.3, 0.4) is 0 Å². The van der Waals surface area contributed by atoms with Crippen LogP contribution in [0, 0.1) is 0 Å². The number of nitrogens with zero attached hydrogens (tertiary/aromatic N) is 2. The molecule has 0 fully saturated rings. The fourth-order valence-electron chi connectivity index (χ4n) is 1.67. The first-order valence-corrected chi connectivity index (χ1v) is 6.57. The van der Waals surface area contributed by atoms with E-state index in [1.54, 1.807) is 14.2 Å². The lowest BCUT2D eigenvalue weighted by atomic mass is 10.2. The Hall–Kier alpha value is -1.40. The minimum absolute atomic E-state index is 0.415. The maximum Gasteiger partial charge on any atom is 0.158 e. The molecule has 0 radical (unpaired) electrons. The largest absolute Gasteiger partial charge is 0.385 e. The van der Waals surface area contributed by atoms with Crippen molar-refractivity contribution < 1.29 is 9.47 Å². The van der Waals surface area contributed by atoms with Gasteiger partial charge in [-0.2, -0.15) is 0 Å². The molecule has 1 heterocycles. The summed E-state index contributed by atoms with van der Waals surface area (Å²) in [7, 11) is 5.21. The summed E-state index contributed by atoms with van der Waals surface area (Å²) in [6, 6.07) is 1.90. The van der Waals surface area contributed by atoms with Gasteiger partial charge in [-0.25, -0.2) is 9.97 Å². The molecular formula is C13H24N4O2. The lowest BCUT2D eigenvalue weighted by Crippen LogP contribution is -2.08. The minimum atomic E-state index is 0.415. The Balaban J connectivity index is 2.41. The minimum Gasteiger partial charge on any atom is -0.385 e. The van der Waals surface area contributed by atoms with Gasteiger partial charge in [0.25, 0.3) is 0 Å². The fraction of sp³-hybridized carbons (Fsp3) is 0.692. The molecule has 6 nitrogen and oxygen atoms in total. The summed E-state index contributed by atoms with van der Waals surface area (Å²) in [5, 5.41) is 6.33. The highest BCUT2D eigenvalue weighted by molar-refractivity contribution is 5.47. The summed E-state index contributed by atoms with van der Waals surface area (Å²) in [4.78, 5) is 8.70. The van der Waals surface area contributed by atoms with Crippen molar-refractivity contribution in [3.63, 3.8) is 0 Å². The molecule has 1 rings (SSSR count). The van der Waals surface area contributed by atoms with Gasteiger partial charge in [-0.1, -0.05) is 0 Å². The molecule has 1 aromatic rings. The number of rotatable bonds is 10. The number of nitrogens with one attached hydrogen (secondary N) is 2.